The third-order valence-electron chi connectivity index (χ3n) is 3.98. The van der Waals surface area contributed by atoms with Crippen LogP contribution in [0.5, 0.6) is 0 Å². The van der Waals surface area contributed by atoms with E-state index in [1.54, 1.807) is 11.9 Å². The monoisotopic (exact) mass is 314 g/mol. The summed E-state index contributed by atoms with van der Waals surface area (Å²) in [7, 11) is 1.76. The van der Waals surface area contributed by atoms with E-state index in [4.69, 9.17) is 0 Å². The maximum absolute atomic E-state index is 12.8. The quantitative estimate of drug-likeness (QED) is 0.838. The van der Waals surface area contributed by atoms with Gasteiger partial charge in [-0.05, 0) is 19.9 Å². The van der Waals surface area contributed by atoms with Crippen LogP contribution in [-0.2, 0) is 11.3 Å². The minimum absolute atomic E-state index is 0.0690. The molecule has 124 valence electrons. The van der Waals surface area contributed by atoms with Crippen LogP contribution in [0.2, 0.25) is 0 Å². The molecule has 0 aliphatic carbocycles. The first-order chi connectivity index (χ1) is 10.6. The van der Waals surface area contributed by atoms with Gasteiger partial charge in [0.1, 0.15) is 5.82 Å². The van der Waals surface area contributed by atoms with E-state index in [2.05, 4.69) is 4.98 Å². The molecule has 1 amide bonds. The predicted octanol–water partition coefficient (Wildman–Crippen LogP) is 2.50. The van der Waals surface area contributed by atoms with E-state index in [9.17, 15) is 13.6 Å². The molecule has 1 saturated heterocycles. The molecule has 7 heteroatoms. The Labute approximate surface area is 129 Å². The van der Waals surface area contributed by atoms with Gasteiger partial charge >= 0.3 is 6.55 Å². The Balaban J connectivity index is 1.86. The van der Waals surface area contributed by atoms with Gasteiger partial charge in [0.2, 0.25) is 5.91 Å². The number of rotatable bonds is 5. The van der Waals surface area contributed by atoms with Crippen LogP contribution in [0.3, 0.4) is 0 Å². The molecule has 1 aliphatic heterocycles. The summed E-state index contributed by atoms with van der Waals surface area (Å²) in [5.74, 6) is 0.345. The minimum atomic E-state index is -2.60. The average Bonchev–Trinajstić information content (AvgIpc) is 2.85. The van der Waals surface area contributed by atoms with Crippen LogP contribution in [0.25, 0.3) is 0 Å². The average molecular weight is 314 g/mol. The smallest absolute Gasteiger partial charge is 0.319 e. The number of alkyl halides is 2. The van der Waals surface area contributed by atoms with Crippen molar-refractivity contribution in [2.45, 2.75) is 45.2 Å². The highest BCUT2D eigenvalue weighted by atomic mass is 19.3. The van der Waals surface area contributed by atoms with Crippen LogP contribution in [0.4, 0.5) is 8.78 Å². The number of carbonyl (C=O) groups is 1. The summed E-state index contributed by atoms with van der Waals surface area (Å²) in [6.07, 6.45) is 8.30. The van der Waals surface area contributed by atoms with Crippen molar-refractivity contribution in [2.24, 2.45) is 0 Å². The standard InChI is InChI=1S/C15H24F2N4O/c1-19(11-13-18-7-10-21(13)15(16)17)12-14(22)20-8-5-3-2-4-6-9-20/h7,10,15H,2-6,8-9,11-12H2,1H3. The van der Waals surface area contributed by atoms with Gasteiger partial charge in [0, 0.05) is 25.5 Å². The molecule has 2 rings (SSSR count). The first-order valence-corrected chi connectivity index (χ1v) is 7.84. The molecule has 0 spiro atoms. The number of likely N-dealkylation sites (N-methyl/N-ethyl adjacent to an activating group) is 1. The van der Waals surface area contributed by atoms with Gasteiger partial charge in [-0.15, -0.1) is 0 Å². The van der Waals surface area contributed by atoms with Gasteiger partial charge in [0.15, 0.2) is 0 Å². The van der Waals surface area contributed by atoms with Gasteiger partial charge in [-0.2, -0.15) is 8.78 Å². The maximum atomic E-state index is 12.8. The first-order valence-electron chi connectivity index (χ1n) is 7.84. The largest absolute Gasteiger partial charge is 0.342 e. The van der Waals surface area contributed by atoms with E-state index in [1.165, 1.54) is 31.7 Å². The second-order valence-corrected chi connectivity index (χ2v) is 5.85. The SMILES string of the molecule is CN(CC(=O)N1CCCCCCC1)Cc1nccn1C(F)F. The molecule has 0 bridgehead atoms. The third-order valence-corrected chi connectivity index (χ3v) is 3.98. The lowest BCUT2D eigenvalue weighted by Crippen LogP contribution is -2.40. The van der Waals surface area contributed by atoms with Crippen LogP contribution in [-0.4, -0.2) is 51.9 Å². The van der Waals surface area contributed by atoms with Crippen molar-refractivity contribution in [3.05, 3.63) is 18.2 Å². The molecule has 1 aliphatic rings. The molecule has 5 nitrogen and oxygen atoms in total. The van der Waals surface area contributed by atoms with E-state index in [1.807, 2.05) is 4.90 Å². The molecule has 1 fully saturated rings. The Morgan fingerprint density at radius 2 is 1.91 bits per heavy atom. The topological polar surface area (TPSA) is 41.4 Å². The molecule has 2 heterocycles. The first kappa shape index (κ1) is 16.9. The Kier molecular flexibility index (Phi) is 6.30. The zero-order valence-electron chi connectivity index (χ0n) is 13.0. The lowest BCUT2D eigenvalue weighted by Gasteiger charge is -2.27. The molecular formula is C15H24F2N4O. The number of halogens is 2. The van der Waals surface area contributed by atoms with Crippen molar-refractivity contribution in [2.75, 3.05) is 26.7 Å². The third kappa shape index (κ3) is 4.76. The van der Waals surface area contributed by atoms with Crippen LogP contribution in [0.1, 0.15) is 44.5 Å². The minimum Gasteiger partial charge on any atom is -0.342 e. The van der Waals surface area contributed by atoms with Crippen molar-refractivity contribution in [3.63, 3.8) is 0 Å². The van der Waals surface area contributed by atoms with Crippen molar-refractivity contribution in [1.29, 1.82) is 0 Å². The van der Waals surface area contributed by atoms with E-state index in [0.717, 1.165) is 30.5 Å². The lowest BCUT2D eigenvalue weighted by atomic mass is 10.1. The normalized spacial score (nSPS) is 16.9. The Morgan fingerprint density at radius 1 is 1.27 bits per heavy atom. The second-order valence-electron chi connectivity index (χ2n) is 5.85. The van der Waals surface area contributed by atoms with Crippen LogP contribution in [0.15, 0.2) is 12.4 Å². The van der Waals surface area contributed by atoms with Gasteiger partial charge in [0.25, 0.3) is 0 Å². The van der Waals surface area contributed by atoms with Gasteiger partial charge in [0.05, 0.1) is 13.1 Å². The molecule has 0 radical (unpaired) electrons. The van der Waals surface area contributed by atoms with Crippen molar-refractivity contribution in [1.82, 2.24) is 19.4 Å². The van der Waals surface area contributed by atoms with Gasteiger partial charge in [-0.25, -0.2) is 4.98 Å². The Bertz CT molecular complexity index is 470. The van der Waals surface area contributed by atoms with Crippen molar-refractivity contribution < 1.29 is 13.6 Å². The van der Waals surface area contributed by atoms with E-state index in [-0.39, 0.29) is 24.8 Å². The Morgan fingerprint density at radius 3 is 2.55 bits per heavy atom. The number of hydrogen-bond donors (Lipinski definition) is 0. The molecule has 0 unspecified atom stereocenters. The highest BCUT2D eigenvalue weighted by Crippen LogP contribution is 2.14. The number of likely N-dealkylation sites (tertiary alicyclic amines) is 1. The lowest BCUT2D eigenvalue weighted by molar-refractivity contribution is -0.132. The van der Waals surface area contributed by atoms with Gasteiger partial charge in [-0.1, -0.05) is 19.3 Å². The summed E-state index contributed by atoms with van der Waals surface area (Å²) >= 11 is 0. The summed E-state index contributed by atoms with van der Waals surface area (Å²) in [6.45, 7) is -0.528. The zero-order chi connectivity index (χ0) is 15.9. The molecule has 1 aromatic rings. The molecule has 0 aromatic carbocycles. The van der Waals surface area contributed by atoms with Crippen molar-refractivity contribution >= 4 is 5.91 Å². The summed E-state index contributed by atoms with van der Waals surface area (Å²) < 4.78 is 26.4. The van der Waals surface area contributed by atoms with E-state index >= 15 is 0 Å². The maximum Gasteiger partial charge on any atom is 0.319 e. The van der Waals surface area contributed by atoms with Gasteiger partial charge in [-0.3, -0.25) is 14.3 Å². The predicted molar refractivity (Wildman–Crippen MR) is 79.5 cm³/mol. The number of amides is 1. The number of nitrogens with zero attached hydrogens (tertiary/aromatic N) is 4. The number of imidazole rings is 1. The number of carbonyl (C=O) groups excluding carboxylic acids is 1. The molecular weight excluding hydrogens is 290 g/mol. The highest BCUT2D eigenvalue weighted by Gasteiger charge is 2.18. The van der Waals surface area contributed by atoms with E-state index < -0.39 is 6.55 Å². The van der Waals surface area contributed by atoms with Gasteiger partial charge < -0.3 is 4.90 Å². The van der Waals surface area contributed by atoms with Crippen LogP contribution >= 0.6 is 0 Å². The zero-order valence-corrected chi connectivity index (χ0v) is 13.0. The molecule has 0 saturated carbocycles. The molecule has 0 N–H and O–H groups in total. The molecule has 0 atom stereocenters. The fourth-order valence-corrected chi connectivity index (χ4v) is 2.77. The summed E-state index contributed by atoms with van der Waals surface area (Å²) in [5.41, 5.74) is 0. The Hall–Kier alpha value is -1.50. The highest BCUT2D eigenvalue weighted by molar-refractivity contribution is 5.78. The van der Waals surface area contributed by atoms with E-state index in [0.29, 0.717) is 0 Å². The fourth-order valence-electron chi connectivity index (χ4n) is 2.77. The second kappa shape index (κ2) is 8.22. The van der Waals surface area contributed by atoms with Crippen LogP contribution < -0.4 is 0 Å². The summed E-state index contributed by atoms with van der Waals surface area (Å²) in [6, 6.07) is 0. The molecule has 1 aromatic heterocycles. The fraction of sp³-hybridized carbons (Fsp3) is 0.733. The molecule has 22 heavy (non-hydrogen) atoms. The number of hydrogen-bond acceptors (Lipinski definition) is 3. The summed E-state index contributed by atoms with van der Waals surface area (Å²) in [4.78, 5) is 19.9. The number of aromatic nitrogens is 2. The van der Waals surface area contributed by atoms with Crippen molar-refractivity contribution in [3.8, 4) is 0 Å². The van der Waals surface area contributed by atoms with Crippen LogP contribution in [0, 0.1) is 0 Å². The summed E-state index contributed by atoms with van der Waals surface area (Å²) in [5, 5.41) is 0.